The number of carbonyl (C=O) groups is 2. The Morgan fingerprint density at radius 3 is 2.38 bits per heavy atom. The first-order valence-corrected chi connectivity index (χ1v) is 17.1. The molecule has 9 nitrogen and oxygen atoms in total. The molecule has 47 heavy (non-hydrogen) atoms. The Morgan fingerprint density at radius 2 is 1.74 bits per heavy atom. The summed E-state index contributed by atoms with van der Waals surface area (Å²) in [6, 6.07) is 23.5. The summed E-state index contributed by atoms with van der Waals surface area (Å²) in [6.07, 6.45) is 4.98. The van der Waals surface area contributed by atoms with Crippen LogP contribution in [0.2, 0.25) is 0 Å². The number of nitriles is 1. The number of amides is 2. The number of hydrogen-bond donors (Lipinski definition) is 0. The van der Waals surface area contributed by atoms with Gasteiger partial charge < -0.3 is 4.74 Å². The van der Waals surface area contributed by atoms with Gasteiger partial charge in [-0.1, -0.05) is 61.9 Å². The summed E-state index contributed by atoms with van der Waals surface area (Å²) in [7, 11) is -3.47. The number of sulfone groups is 1. The molecule has 1 fully saturated rings. The largest absolute Gasteiger partial charge is 0.491 e. The first-order chi connectivity index (χ1) is 22.7. The van der Waals surface area contributed by atoms with Gasteiger partial charge in [0.1, 0.15) is 17.3 Å². The number of carbonyl (C=O) groups excluding carboxylic acids is 2. The molecule has 1 saturated heterocycles. The third-order valence-corrected chi connectivity index (χ3v) is 9.92. The maximum absolute atomic E-state index is 15.3. The number of aromatic nitrogens is 2. The monoisotopic (exact) mass is 650 g/mol. The van der Waals surface area contributed by atoms with Gasteiger partial charge in [-0.2, -0.15) is 10.4 Å². The van der Waals surface area contributed by atoms with Crippen LogP contribution >= 0.6 is 0 Å². The van der Waals surface area contributed by atoms with E-state index in [0.717, 1.165) is 17.7 Å². The van der Waals surface area contributed by atoms with Gasteiger partial charge in [0.2, 0.25) is 0 Å². The van der Waals surface area contributed by atoms with E-state index in [0.29, 0.717) is 34.7 Å². The predicted octanol–water partition coefficient (Wildman–Crippen LogP) is 5.77. The van der Waals surface area contributed by atoms with Crippen LogP contribution in [0, 0.1) is 17.1 Å². The van der Waals surface area contributed by atoms with E-state index in [-0.39, 0.29) is 40.4 Å². The molecule has 6 rings (SSSR count). The fraction of sp³-hybridized carbons (Fsp3) is 0.222. The van der Waals surface area contributed by atoms with Gasteiger partial charge in [-0.25, -0.2) is 17.5 Å². The molecule has 3 heterocycles. The molecule has 0 saturated carbocycles. The highest BCUT2D eigenvalue weighted by atomic mass is 32.2. The van der Waals surface area contributed by atoms with E-state index in [4.69, 9.17) is 9.84 Å². The minimum Gasteiger partial charge on any atom is -0.491 e. The second-order valence-corrected chi connectivity index (χ2v) is 13.6. The first-order valence-electron chi connectivity index (χ1n) is 15.3. The van der Waals surface area contributed by atoms with E-state index in [1.165, 1.54) is 18.2 Å². The van der Waals surface area contributed by atoms with Crippen molar-refractivity contribution in [3.05, 3.63) is 113 Å². The highest BCUT2D eigenvalue weighted by Gasteiger charge is 2.45. The number of imide groups is 1. The third kappa shape index (κ3) is 6.37. The molecule has 0 radical (unpaired) electrons. The number of halogens is 1. The van der Waals surface area contributed by atoms with Crippen LogP contribution < -0.4 is 4.74 Å². The summed E-state index contributed by atoms with van der Waals surface area (Å²) in [6.45, 7) is 2.39. The summed E-state index contributed by atoms with van der Waals surface area (Å²) < 4.78 is 47.3. The van der Waals surface area contributed by atoms with Crippen LogP contribution in [0.1, 0.15) is 37.3 Å². The number of rotatable bonds is 9. The summed E-state index contributed by atoms with van der Waals surface area (Å²) in [5, 5.41) is 15.0. The number of unbranched alkanes of at least 4 members (excludes halogenated alkanes) is 1. The zero-order valence-corrected chi connectivity index (χ0v) is 26.4. The average molecular weight is 651 g/mol. The molecular weight excluding hydrogens is 619 g/mol. The van der Waals surface area contributed by atoms with Gasteiger partial charge in [0, 0.05) is 22.9 Å². The van der Waals surface area contributed by atoms with Gasteiger partial charge in [0.25, 0.3) is 11.8 Å². The Balaban J connectivity index is 1.55. The fourth-order valence-electron chi connectivity index (χ4n) is 5.82. The SMILES string of the molecule is CCCCOc1ccc(-c2nn(-c3ccccc3)cc2/C=C2\C(=O)N(C3CCS(=O)(=O)C3)C(=O)C(C#N)=C2c2ccccc2)cc1F. The van der Waals surface area contributed by atoms with Crippen LogP contribution in [0.15, 0.2) is 96.2 Å². The Bertz CT molecular complexity index is 2060. The van der Waals surface area contributed by atoms with E-state index in [1.807, 2.05) is 43.3 Å². The number of benzene rings is 3. The summed E-state index contributed by atoms with van der Waals surface area (Å²) in [5.41, 5.74) is 2.21. The van der Waals surface area contributed by atoms with Crippen LogP contribution in [0.4, 0.5) is 4.39 Å². The zero-order chi connectivity index (χ0) is 33.1. The van der Waals surface area contributed by atoms with Crippen molar-refractivity contribution >= 4 is 33.3 Å². The zero-order valence-electron chi connectivity index (χ0n) is 25.6. The van der Waals surface area contributed by atoms with Crippen molar-refractivity contribution in [2.24, 2.45) is 0 Å². The maximum Gasteiger partial charge on any atom is 0.272 e. The molecule has 238 valence electrons. The smallest absolute Gasteiger partial charge is 0.272 e. The van der Waals surface area contributed by atoms with Crippen LogP contribution in [-0.4, -0.2) is 59.1 Å². The van der Waals surface area contributed by atoms with Crippen molar-refractivity contribution in [2.45, 2.75) is 32.2 Å². The van der Waals surface area contributed by atoms with Crippen molar-refractivity contribution in [1.29, 1.82) is 5.26 Å². The molecule has 2 amide bonds. The van der Waals surface area contributed by atoms with Crippen molar-refractivity contribution in [3.8, 4) is 28.8 Å². The molecule has 2 aliphatic heterocycles. The molecule has 0 aliphatic carbocycles. The van der Waals surface area contributed by atoms with Crippen LogP contribution in [-0.2, 0) is 19.4 Å². The normalized spacial score (nSPS) is 18.5. The second-order valence-electron chi connectivity index (χ2n) is 11.4. The Labute approximate surface area is 272 Å². The fourth-order valence-corrected chi connectivity index (χ4v) is 7.52. The molecule has 3 aromatic carbocycles. The lowest BCUT2D eigenvalue weighted by Gasteiger charge is -2.32. The molecule has 0 N–H and O–H groups in total. The van der Waals surface area contributed by atoms with E-state index in [1.54, 1.807) is 47.3 Å². The highest BCUT2D eigenvalue weighted by Crippen LogP contribution is 2.38. The summed E-state index contributed by atoms with van der Waals surface area (Å²) in [4.78, 5) is 29.0. The quantitative estimate of drug-likeness (QED) is 0.128. The van der Waals surface area contributed by atoms with Gasteiger partial charge in [0.05, 0.1) is 35.4 Å². The van der Waals surface area contributed by atoms with Crippen molar-refractivity contribution in [3.63, 3.8) is 0 Å². The molecular formula is C36H31FN4O5S. The molecule has 4 aromatic rings. The summed E-state index contributed by atoms with van der Waals surface area (Å²) in [5.74, 6) is -2.56. The average Bonchev–Trinajstić information content (AvgIpc) is 3.66. The van der Waals surface area contributed by atoms with Crippen LogP contribution in [0.25, 0.3) is 28.6 Å². The minimum atomic E-state index is -3.47. The summed E-state index contributed by atoms with van der Waals surface area (Å²) >= 11 is 0. The topological polar surface area (TPSA) is 122 Å². The van der Waals surface area contributed by atoms with E-state index >= 15 is 4.39 Å². The lowest BCUT2D eigenvalue weighted by atomic mass is 9.86. The predicted molar refractivity (Wildman–Crippen MR) is 175 cm³/mol. The van der Waals surface area contributed by atoms with Gasteiger partial charge in [0.15, 0.2) is 21.4 Å². The third-order valence-electron chi connectivity index (χ3n) is 8.17. The van der Waals surface area contributed by atoms with E-state index in [9.17, 15) is 23.3 Å². The van der Waals surface area contributed by atoms with Crippen molar-refractivity contribution in [1.82, 2.24) is 14.7 Å². The lowest BCUT2D eigenvalue weighted by Crippen LogP contribution is -2.49. The molecule has 2 aliphatic rings. The maximum atomic E-state index is 15.3. The van der Waals surface area contributed by atoms with E-state index < -0.39 is 33.5 Å². The number of ether oxygens (including phenoxy) is 1. The second kappa shape index (κ2) is 13.2. The van der Waals surface area contributed by atoms with Crippen molar-refractivity contribution in [2.75, 3.05) is 18.1 Å². The molecule has 1 aromatic heterocycles. The van der Waals surface area contributed by atoms with Crippen LogP contribution in [0.3, 0.4) is 0 Å². The standard InChI is InChI=1S/C36H31FN4O5S/c1-2-3-17-46-32-15-14-25(20-31(32)37)34-26(22-40(39-34)27-12-8-5-9-13-27)19-29-33(24-10-6-4-7-11-24)30(21-38)36(43)41(35(29)42)28-16-18-47(44,45)23-28/h4-15,19-20,22,28H,2-3,16-18,23H2,1H3/b29-19-. The molecule has 11 heteroatoms. The van der Waals surface area contributed by atoms with Gasteiger partial charge >= 0.3 is 0 Å². The highest BCUT2D eigenvalue weighted by molar-refractivity contribution is 7.91. The van der Waals surface area contributed by atoms with Crippen molar-refractivity contribution < 1.29 is 27.1 Å². The number of para-hydroxylation sites is 1. The van der Waals surface area contributed by atoms with Crippen LogP contribution in [0.5, 0.6) is 5.75 Å². The molecule has 0 bridgehead atoms. The Kier molecular flexibility index (Phi) is 8.87. The molecule has 1 unspecified atom stereocenters. The number of hydrogen-bond acceptors (Lipinski definition) is 7. The van der Waals surface area contributed by atoms with Gasteiger partial charge in [-0.3, -0.25) is 14.5 Å². The molecule has 0 spiro atoms. The van der Waals surface area contributed by atoms with Gasteiger partial charge in [-0.15, -0.1) is 0 Å². The molecule has 1 atom stereocenters. The van der Waals surface area contributed by atoms with Gasteiger partial charge in [-0.05, 0) is 54.8 Å². The first kappa shape index (κ1) is 31.6. The minimum absolute atomic E-state index is 0.0190. The number of nitrogens with zero attached hydrogens (tertiary/aromatic N) is 4. The Morgan fingerprint density at radius 1 is 1.02 bits per heavy atom. The van der Waals surface area contributed by atoms with E-state index in [2.05, 4.69) is 0 Å². The lowest BCUT2D eigenvalue weighted by molar-refractivity contribution is -0.142. The Hall–Kier alpha value is -5.34.